The smallest absolute Gasteiger partial charge is 0.310 e. The minimum atomic E-state index is -0.511. The molecule has 1 aromatic carbocycles. The van der Waals surface area contributed by atoms with Crippen molar-refractivity contribution in [1.29, 1.82) is 0 Å². The summed E-state index contributed by atoms with van der Waals surface area (Å²) in [6.07, 6.45) is -0.148. The van der Waals surface area contributed by atoms with E-state index in [0.29, 0.717) is 0 Å². The lowest BCUT2D eigenvalue weighted by molar-refractivity contribution is -0.142. The van der Waals surface area contributed by atoms with Crippen molar-refractivity contribution in [2.75, 3.05) is 12.3 Å². The van der Waals surface area contributed by atoms with Gasteiger partial charge in [0, 0.05) is 11.3 Å². The number of esters is 1. The van der Waals surface area contributed by atoms with Crippen molar-refractivity contribution in [3.8, 4) is 0 Å². The summed E-state index contributed by atoms with van der Waals surface area (Å²) in [7, 11) is 0. The van der Waals surface area contributed by atoms with Crippen molar-refractivity contribution in [3.63, 3.8) is 0 Å². The van der Waals surface area contributed by atoms with Crippen LogP contribution in [0.4, 0.5) is 10.1 Å². The maximum absolute atomic E-state index is 13.5. The van der Waals surface area contributed by atoms with Crippen LogP contribution in [0.5, 0.6) is 0 Å². The fraction of sp³-hybridized carbons (Fsp3) is 0.300. The molecule has 0 atom stereocenters. The lowest BCUT2D eigenvalue weighted by atomic mass is 10.1. The van der Waals surface area contributed by atoms with Crippen LogP contribution in [0.2, 0.25) is 0 Å². The van der Waals surface area contributed by atoms with Crippen LogP contribution in [0.1, 0.15) is 12.5 Å². The van der Waals surface area contributed by atoms with Gasteiger partial charge in [-0.15, -0.1) is 0 Å². The molecule has 0 spiro atoms. The Kier molecular flexibility index (Phi) is 4.08. The van der Waals surface area contributed by atoms with Crippen LogP contribution in [0.25, 0.3) is 0 Å². The Labute approximate surface area is 95.5 Å². The molecule has 0 aromatic heterocycles. The molecule has 82 valence electrons. The predicted octanol–water partition coefficient (Wildman–Crippen LogP) is 2.28. The van der Waals surface area contributed by atoms with Crippen molar-refractivity contribution >= 4 is 27.6 Å². The third-order valence-corrected chi connectivity index (χ3v) is 2.47. The zero-order chi connectivity index (χ0) is 11.4. The van der Waals surface area contributed by atoms with Crippen LogP contribution in [0.15, 0.2) is 16.6 Å². The van der Waals surface area contributed by atoms with Crippen molar-refractivity contribution in [2.45, 2.75) is 13.3 Å². The molecule has 1 rings (SSSR count). The van der Waals surface area contributed by atoms with Gasteiger partial charge in [-0.3, -0.25) is 4.79 Å². The molecular formula is C10H11BrFNO2. The highest BCUT2D eigenvalue weighted by atomic mass is 79.9. The molecule has 15 heavy (non-hydrogen) atoms. The van der Waals surface area contributed by atoms with E-state index < -0.39 is 11.8 Å². The quantitative estimate of drug-likeness (QED) is 0.680. The van der Waals surface area contributed by atoms with Gasteiger partial charge >= 0.3 is 5.97 Å². The van der Waals surface area contributed by atoms with E-state index in [9.17, 15) is 9.18 Å². The van der Waals surface area contributed by atoms with Gasteiger partial charge in [0.15, 0.2) is 0 Å². The zero-order valence-electron chi connectivity index (χ0n) is 8.22. The fourth-order valence-electron chi connectivity index (χ4n) is 1.14. The van der Waals surface area contributed by atoms with E-state index in [2.05, 4.69) is 15.9 Å². The van der Waals surface area contributed by atoms with Crippen LogP contribution in [0, 0.1) is 5.82 Å². The highest BCUT2D eigenvalue weighted by molar-refractivity contribution is 9.10. The number of hydrogen-bond acceptors (Lipinski definition) is 3. The Morgan fingerprint density at radius 1 is 1.60 bits per heavy atom. The van der Waals surface area contributed by atoms with E-state index in [1.165, 1.54) is 6.07 Å². The van der Waals surface area contributed by atoms with E-state index in [-0.39, 0.29) is 28.8 Å². The molecule has 3 nitrogen and oxygen atoms in total. The largest absolute Gasteiger partial charge is 0.466 e. The second-order valence-corrected chi connectivity index (χ2v) is 3.77. The molecule has 0 radical (unpaired) electrons. The lowest BCUT2D eigenvalue weighted by Crippen LogP contribution is -2.11. The van der Waals surface area contributed by atoms with Crippen LogP contribution >= 0.6 is 15.9 Å². The summed E-state index contributed by atoms with van der Waals surface area (Å²) in [5.41, 5.74) is 5.99. The average molecular weight is 276 g/mol. The number of hydrogen-bond donors (Lipinski definition) is 1. The summed E-state index contributed by atoms with van der Waals surface area (Å²) >= 11 is 3.03. The fourth-order valence-corrected chi connectivity index (χ4v) is 1.52. The van der Waals surface area contributed by atoms with Crippen molar-refractivity contribution in [1.82, 2.24) is 0 Å². The van der Waals surface area contributed by atoms with Crippen LogP contribution in [-0.2, 0) is 16.0 Å². The number of ether oxygens (including phenoxy) is 1. The number of nitrogens with two attached hydrogens (primary N) is 1. The second-order valence-electron chi connectivity index (χ2n) is 2.91. The van der Waals surface area contributed by atoms with E-state index >= 15 is 0 Å². The first-order chi connectivity index (χ1) is 7.06. The molecule has 2 N–H and O–H groups in total. The van der Waals surface area contributed by atoms with Crippen molar-refractivity contribution < 1.29 is 13.9 Å². The van der Waals surface area contributed by atoms with Gasteiger partial charge in [0.2, 0.25) is 0 Å². The first-order valence-corrected chi connectivity index (χ1v) is 5.23. The molecule has 0 aliphatic rings. The normalized spacial score (nSPS) is 10.1. The molecular weight excluding hydrogens is 265 g/mol. The topological polar surface area (TPSA) is 52.3 Å². The summed E-state index contributed by atoms with van der Waals surface area (Å²) in [5, 5.41) is 0. The van der Waals surface area contributed by atoms with Gasteiger partial charge in [0.1, 0.15) is 5.82 Å². The maximum atomic E-state index is 13.5. The van der Waals surface area contributed by atoms with E-state index in [1.54, 1.807) is 13.0 Å². The first-order valence-electron chi connectivity index (χ1n) is 4.44. The molecule has 0 bridgehead atoms. The number of anilines is 1. The minimum absolute atomic E-state index is 0.148. The highest BCUT2D eigenvalue weighted by Crippen LogP contribution is 2.24. The molecule has 0 saturated carbocycles. The summed E-state index contributed by atoms with van der Waals surface area (Å²) in [6, 6.07) is 3.04. The third kappa shape index (κ3) is 2.92. The number of halogens is 2. The Bertz CT molecular complexity index is 382. The summed E-state index contributed by atoms with van der Waals surface area (Å²) in [5.74, 6) is -0.996. The lowest BCUT2D eigenvalue weighted by Gasteiger charge is -2.07. The van der Waals surface area contributed by atoms with Gasteiger partial charge in [-0.2, -0.15) is 0 Å². The van der Waals surface area contributed by atoms with Gasteiger partial charge in [-0.1, -0.05) is 0 Å². The standard InChI is InChI=1S/C10H11BrFNO2/c1-2-15-9(14)5-6-8(13)4-3-7(11)10(6)12/h3-4H,2,5,13H2,1H3. The van der Waals surface area contributed by atoms with Crippen LogP contribution in [-0.4, -0.2) is 12.6 Å². The molecule has 0 aliphatic heterocycles. The monoisotopic (exact) mass is 275 g/mol. The average Bonchev–Trinajstić information content (AvgIpc) is 2.19. The van der Waals surface area contributed by atoms with Gasteiger partial charge in [0.05, 0.1) is 17.5 Å². The zero-order valence-corrected chi connectivity index (χ0v) is 9.80. The van der Waals surface area contributed by atoms with Crippen LogP contribution < -0.4 is 5.73 Å². The Morgan fingerprint density at radius 3 is 2.87 bits per heavy atom. The number of carbonyl (C=O) groups excluding carboxylic acids is 1. The SMILES string of the molecule is CCOC(=O)Cc1c(N)ccc(Br)c1F. The number of nitrogen functional groups attached to an aromatic ring is 1. The molecule has 0 heterocycles. The maximum Gasteiger partial charge on any atom is 0.310 e. The first kappa shape index (κ1) is 12.0. The Hall–Kier alpha value is -1.10. The molecule has 1 aromatic rings. The molecule has 5 heteroatoms. The van der Waals surface area contributed by atoms with Gasteiger partial charge in [0.25, 0.3) is 0 Å². The number of benzene rings is 1. The molecule has 0 unspecified atom stereocenters. The number of rotatable bonds is 3. The van der Waals surface area contributed by atoms with E-state index in [1.807, 2.05) is 0 Å². The van der Waals surface area contributed by atoms with Crippen molar-refractivity contribution in [3.05, 3.63) is 28.0 Å². The summed E-state index contributed by atoms with van der Waals surface area (Å²) in [4.78, 5) is 11.2. The molecule has 0 amide bonds. The predicted molar refractivity (Wildman–Crippen MR) is 58.8 cm³/mol. The molecule has 0 saturated heterocycles. The molecule has 0 fully saturated rings. The van der Waals surface area contributed by atoms with Crippen molar-refractivity contribution in [2.24, 2.45) is 0 Å². The highest BCUT2D eigenvalue weighted by Gasteiger charge is 2.14. The van der Waals surface area contributed by atoms with Gasteiger partial charge in [-0.25, -0.2) is 4.39 Å². The number of carbonyl (C=O) groups is 1. The minimum Gasteiger partial charge on any atom is -0.466 e. The van der Waals surface area contributed by atoms with Crippen LogP contribution in [0.3, 0.4) is 0 Å². The summed E-state index contributed by atoms with van der Waals surface area (Å²) < 4.78 is 18.5. The van der Waals surface area contributed by atoms with Gasteiger partial charge < -0.3 is 10.5 Å². The Balaban J connectivity index is 2.93. The van der Waals surface area contributed by atoms with E-state index in [0.717, 1.165) is 0 Å². The summed E-state index contributed by atoms with van der Waals surface area (Å²) in [6.45, 7) is 1.97. The second kappa shape index (κ2) is 5.11. The molecule has 0 aliphatic carbocycles. The Morgan fingerprint density at radius 2 is 2.27 bits per heavy atom. The third-order valence-electron chi connectivity index (χ3n) is 1.86. The van der Waals surface area contributed by atoms with Gasteiger partial charge in [-0.05, 0) is 35.0 Å². The van der Waals surface area contributed by atoms with E-state index in [4.69, 9.17) is 10.5 Å².